The van der Waals surface area contributed by atoms with Gasteiger partial charge in [-0.3, -0.25) is 0 Å². The van der Waals surface area contributed by atoms with Crippen LogP contribution >= 0.6 is 0 Å². The van der Waals surface area contributed by atoms with Crippen LogP contribution < -0.4 is 51.4 Å². The number of hydrogen-bond donors (Lipinski definition) is 1. The standard InChI is InChI=1S/C12H26O4S.K/c1-2-3-6-9-12(17(14,15)16)10-7-4-5-8-11-13;/h12-13H,2-11H2,1H3,(H,14,15,16);/q;+1/p-1. The zero-order valence-corrected chi connectivity index (χ0v) is 15.7. The molecule has 0 spiro atoms. The molecule has 0 heterocycles. The molecule has 4 nitrogen and oxygen atoms in total. The molecule has 0 rings (SSSR count). The van der Waals surface area contributed by atoms with Gasteiger partial charge in [0.2, 0.25) is 0 Å². The van der Waals surface area contributed by atoms with E-state index in [4.69, 9.17) is 5.11 Å². The minimum absolute atomic E-state index is 0. The molecule has 0 aromatic heterocycles. The summed E-state index contributed by atoms with van der Waals surface area (Å²) in [6, 6.07) is 0. The van der Waals surface area contributed by atoms with Crippen LogP contribution in [0.3, 0.4) is 0 Å². The zero-order valence-electron chi connectivity index (χ0n) is 11.7. The molecule has 0 aliphatic heterocycles. The molecule has 0 radical (unpaired) electrons. The molecule has 0 bridgehead atoms. The van der Waals surface area contributed by atoms with Gasteiger partial charge in [-0.05, 0) is 19.3 Å². The van der Waals surface area contributed by atoms with Crippen molar-refractivity contribution in [3.63, 3.8) is 0 Å². The predicted molar refractivity (Wildman–Crippen MR) is 67.8 cm³/mol. The number of unbranched alkanes of at least 4 members (excludes halogenated alkanes) is 5. The first-order valence-corrected chi connectivity index (χ1v) is 8.05. The summed E-state index contributed by atoms with van der Waals surface area (Å²) in [4.78, 5) is 0. The fourth-order valence-electron chi connectivity index (χ4n) is 1.89. The largest absolute Gasteiger partial charge is 1.00 e. The van der Waals surface area contributed by atoms with Gasteiger partial charge >= 0.3 is 51.4 Å². The number of rotatable bonds is 11. The third-order valence-electron chi connectivity index (χ3n) is 2.97. The molecule has 0 amide bonds. The molecule has 1 unspecified atom stereocenters. The van der Waals surface area contributed by atoms with Crippen molar-refractivity contribution < 1.29 is 69.5 Å². The Kier molecular flexibility index (Phi) is 16.3. The Morgan fingerprint density at radius 3 is 1.94 bits per heavy atom. The second-order valence-electron chi connectivity index (χ2n) is 4.54. The van der Waals surface area contributed by atoms with E-state index in [0.717, 1.165) is 44.9 Å². The Hall–Kier alpha value is 1.51. The molecule has 0 fully saturated rings. The van der Waals surface area contributed by atoms with Gasteiger partial charge in [-0.1, -0.05) is 45.4 Å². The van der Waals surface area contributed by atoms with E-state index in [-0.39, 0.29) is 58.0 Å². The van der Waals surface area contributed by atoms with Crippen LogP contribution in [0.5, 0.6) is 0 Å². The van der Waals surface area contributed by atoms with E-state index in [0.29, 0.717) is 12.8 Å². The second-order valence-corrected chi connectivity index (χ2v) is 6.19. The Balaban J connectivity index is 0. The molecule has 1 N–H and O–H groups in total. The molecule has 1 atom stereocenters. The first-order valence-electron chi connectivity index (χ1n) is 6.58. The van der Waals surface area contributed by atoms with Crippen LogP contribution in [0.15, 0.2) is 0 Å². The van der Waals surface area contributed by atoms with Gasteiger partial charge in [0.05, 0.1) is 10.1 Å². The summed E-state index contributed by atoms with van der Waals surface area (Å²) in [5, 5.41) is 7.90. The van der Waals surface area contributed by atoms with E-state index < -0.39 is 15.4 Å². The van der Waals surface area contributed by atoms with Gasteiger partial charge in [-0.15, -0.1) is 0 Å². The van der Waals surface area contributed by atoms with E-state index in [2.05, 4.69) is 6.92 Å². The van der Waals surface area contributed by atoms with Crippen LogP contribution in [0.4, 0.5) is 0 Å². The molecule has 6 heteroatoms. The smallest absolute Gasteiger partial charge is 0.748 e. The van der Waals surface area contributed by atoms with Crippen molar-refractivity contribution in [1.29, 1.82) is 0 Å². The molecule has 104 valence electrons. The summed E-state index contributed by atoms with van der Waals surface area (Å²) in [6.07, 6.45) is 7.11. The van der Waals surface area contributed by atoms with Gasteiger partial charge in [-0.2, -0.15) is 0 Å². The van der Waals surface area contributed by atoms with Crippen molar-refractivity contribution >= 4 is 10.1 Å². The molecule has 0 saturated heterocycles. The van der Waals surface area contributed by atoms with Gasteiger partial charge in [0, 0.05) is 11.9 Å². The summed E-state index contributed by atoms with van der Waals surface area (Å²) < 4.78 is 33.1. The van der Waals surface area contributed by atoms with Crippen LogP contribution in [0.2, 0.25) is 0 Å². The van der Waals surface area contributed by atoms with Gasteiger partial charge in [-0.25, -0.2) is 8.42 Å². The summed E-state index contributed by atoms with van der Waals surface area (Å²) in [5.74, 6) is 0. The number of aliphatic hydroxyl groups is 1. The molecule has 18 heavy (non-hydrogen) atoms. The third kappa shape index (κ3) is 12.5. The molecule has 0 aromatic rings. The van der Waals surface area contributed by atoms with Crippen LogP contribution in [0, 0.1) is 0 Å². The van der Waals surface area contributed by atoms with Crippen molar-refractivity contribution in [2.45, 2.75) is 70.0 Å². The van der Waals surface area contributed by atoms with Gasteiger partial charge in [0.15, 0.2) is 0 Å². The summed E-state index contributed by atoms with van der Waals surface area (Å²) in [5.41, 5.74) is 0. The zero-order chi connectivity index (χ0) is 13.1. The fourth-order valence-corrected chi connectivity index (χ4v) is 2.80. The topological polar surface area (TPSA) is 77.4 Å². The van der Waals surface area contributed by atoms with Crippen LogP contribution in [-0.2, 0) is 10.1 Å². The minimum Gasteiger partial charge on any atom is -0.748 e. The minimum atomic E-state index is -4.14. The maximum absolute atomic E-state index is 11.0. The monoisotopic (exact) mass is 304 g/mol. The van der Waals surface area contributed by atoms with E-state index in [1.807, 2.05) is 0 Å². The maximum Gasteiger partial charge on any atom is 1.00 e. The Morgan fingerprint density at radius 1 is 1.00 bits per heavy atom. The third-order valence-corrected chi connectivity index (χ3v) is 4.26. The Morgan fingerprint density at radius 2 is 1.50 bits per heavy atom. The Bertz CT molecular complexity index is 267. The van der Waals surface area contributed by atoms with Crippen molar-refractivity contribution in [1.82, 2.24) is 0 Å². The maximum atomic E-state index is 11.0. The summed E-state index contributed by atoms with van der Waals surface area (Å²) >= 11 is 0. The van der Waals surface area contributed by atoms with Crippen molar-refractivity contribution in [3.05, 3.63) is 0 Å². The van der Waals surface area contributed by atoms with E-state index in [1.165, 1.54) is 0 Å². The second kappa shape index (κ2) is 13.5. The molecular formula is C12H25KO4S. The molecular weight excluding hydrogens is 279 g/mol. The van der Waals surface area contributed by atoms with E-state index >= 15 is 0 Å². The first-order chi connectivity index (χ1) is 8.02. The van der Waals surface area contributed by atoms with E-state index in [1.54, 1.807) is 0 Å². The fraction of sp³-hybridized carbons (Fsp3) is 1.00. The predicted octanol–water partition coefficient (Wildman–Crippen LogP) is -0.573. The average molecular weight is 304 g/mol. The molecule has 0 aromatic carbocycles. The Labute approximate surface area is 154 Å². The number of aliphatic hydroxyl groups excluding tert-OH is 1. The summed E-state index contributed by atoms with van der Waals surface area (Å²) in [6.45, 7) is 2.23. The molecule has 0 aliphatic rings. The van der Waals surface area contributed by atoms with Gasteiger partial charge in [0.1, 0.15) is 0 Å². The SMILES string of the molecule is CCCCCC(CCCCCCO)S(=O)(=O)[O-].[K+]. The van der Waals surface area contributed by atoms with Crippen LogP contribution in [0.1, 0.15) is 64.7 Å². The van der Waals surface area contributed by atoms with Crippen LogP contribution in [-0.4, -0.2) is 29.9 Å². The molecule has 0 aliphatic carbocycles. The average Bonchev–Trinajstić information content (AvgIpc) is 2.25. The normalized spacial score (nSPS) is 13.1. The summed E-state index contributed by atoms with van der Waals surface area (Å²) in [7, 11) is -4.14. The van der Waals surface area contributed by atoms with Crippen molar-refractivity contribution in [3.8, 4) is 0 Å². The first kappa shape index (κ1) is 21.8. The van der Waals surface area contributed by atoms with Gasteiger partial charge in [0.25, 0.3) is 0 Å². The van der Waals surface area contributed by atoms with Crippen molar-refractivity contribution in [2.75, 3.05) is 6.61 Å². The number of hydrogen-bond acceptors (Lipinski definition) is 4. The van der Waals surface area contributed by atoms with Gasteiger partial charge < -0.3 is 9.66 Å². The van der Waals surface area contributed by atoms with E-state index in [9.17, 15) is 13.0 Å². The van der Waals surface area contributed by atoms with Crippen molar-refractivity contribution in [2.24, 2.45) is 0 Å². The molecule has 0 saturated carbocycles. The van der Waals surface area contributed by atoms with Crippen LogP contribution in [0.25, 0.3) is 0 Å². The quantitative estimate of drug-likeness (QED) is 0.315.